The number of anilines is 2. The van der Waals surface area contributed by atoms with Crippen LogP contribution in [0.1, 0.15) is 24.8 Å². The zero-order chi connectivity index (χ0) is 14.5. The van der Waals surface area contributed by atoms with Gasteiger partial charge in [0.05, 0.1) is 6.20 Å². The van der Waals surface area contributed by atoms with Crippen LogP contribution < -0.4 is 10.2 Å². The van der Waals surface area contributed by atoms with Crippen LogP contribution in [0.25, 0.3) is 0 Å². The van der Waals surface area contributed by atoms with Crippen LogP contribution in [-0.2, 0) is 6.54 Å². The molecule has 1 aliphatic rings. The highest BCUT2D eigenvalue weighted by atomic mass is 19.1. The first-order valence-electron chi connectivity index (χ1n) is 7.25. The fraction of sp³-hybridized carbons (Fsp3) is 0.400. The Bertz CT molecular complexity index is 598. The van der Waals surface area contributed by atoms with Gasteiger partial charge < -0.3 is 10.2 Å². The molecular weight excluding hydrogens is 269 g/mol. The number of aromatic nitrogens is 3. The fourth-order valence-electron chi connectivity index (χ4n) is 2.46. The van der Waals surface area contributed by atoms with Gasteiger partial charge in [-0.15, -0.1) is 5.10 Å². The molecule has 1 saturated heterocycles. The van der Waals surface area contributed by atoms with Gasteiger partial charge in [0.1, 0.15) is 5.82 Å². The zero-order valence-electron chi connectivity index (χ0n) is 11.8. The molecule has 0 bridgehead atoms. The molecule has 1 aromatic heterocycles. The van der Waals surface area contributed by atoms with E-state index in [-0.39, 0.29) is 5.82 Å². The van der Waals surface area contributed by atoms with Gasteiger partial charge in [0, 0.05) is 25.2 Å². The summed E-state index contributed by atoms with van der Waals surface area (Å²) < 4.78 is 13.6. The van der Waals surface area contributed by atoms with Crippen LogP contribution >= 0.6 is 0 Å². The summed E-state index contributed by atoms with van der Waals surface area (Å²) in [6.07, 6.45) is 5.32. The summed E-state index contributed by atoms with van der Waals surface area (Å²) in [6, 6.07) is 6.67. The van der Waals surface area contributed by atoms with Crippen LogP contribution in [0.3, 0.4) is 0 Å². The smallest absolute Gasteiger partial charge is 0.244 e. The average Bonchev–Trinajstić information content (AvgIpc) is 2.55. The first kappa shape index (κ1) is 13.7. The van der Waals surface area contributed by atoms with Crippen LogP contribution in [0.15, 0.2) is 30.5 Å². The maximum atomic E-state index is 13.6. The van der Waals surface area contributed by atoms with Gasteiger partial charge >= 0.3 is 0 Å². The average molecular weight is 287 g/mol. The largest absolute Gasteiger partial charge is 0.355 e. The van der Waals surface area contributed by atoms with Crippen LogP contribution in [0, 0.1) is 5.82 Å². The number of halogens is 1. The van der Waals surface area contributed by atoms with Crippen molar-refractivity contribution in [1.29, 1.82) is 0 Å². The molecule has 5 nitrogen and oxygen atoms in total. The highest BCUT2D eigenvalue weighted by Gasteiger charge is 2.13. The van der Waals surface area contributed by atoms with E-state index in [9.17, 15) is 4.39 Å². The van der Waals surface area contributed by atoms with E-state index in [4.69, 9.17) is 0 Å². The summed E-state index contributed by atoms with van der Waals surface area (Å²) in [4.78, 5) is 6.67. The third-order valence-electron chi connectivity index (χ3n) is 3.62. The molecule has 1 N–H and O–H groups in total. The lowest BCUT2D eigenvalue weighted by atomic mass is 10.1. The van der Waals surface area contributed by atoms with Crippen LogP contribution in [0.4, 0.5) is 16.2 Å². The van der Waals surface area contributed by atoms with Crippen molar-refractivity contribution < 1.29 is 4.39 Å². The lowest BCUT2D eigenvalue weighted by Gasteiger charge is -2.27. The van der Waals surface area contributed by atoms with Crippen molar-refractivity contribution in [1.82, 2.24) is 15.2 Å². The van der Waals surface area contributed by atoms with Crippen molar-refractivity contribution in [2.24, 2.45) is 0 Å². The number of hydrogen-bond donors (Lipinski definition) is 1. The third-order valence-corrected chi connectivity index (χ3v) is 3.62. The molecule has 3 rings (SSSR count). The van der Waals surface area contributed by atoms with Crippen molar-refractivity contribution >= 4 is 11.8 Å². The molecule has 1 aromatic carbocycles. The summed E-state index contributed by atoms with van der Waals surface area (Å²) in [6.45, 7) is 2.36. The molecule has 6 heteroatoms. The highest BCUT2D eigenvalue weighted by molar-refractivity contribution is 5.40. The Balaban J connectivity index is 1.67. The quantitative estimate of drug-likeness (QED) is 0.936. The van der Waals surface area contributed by atoms with E-state index in [2.05, 4.69) is 25.4 Å². The molecule has 1 fully saturated rings. The highest BCUT2D eigenvalue weighted by Crippen LogP contribution is 2.17. The SMILES string of the molecule is Fc1ccccc1CNc1nncc(N2CCCCC2)n1. The van der Waals surface area contributed by atoms with Crippen LogP contribution in [0.5, 0.6) is 0 Å². The van der Waals surface area contributed by atoms with Crippen molar-refractivity contribution in [3.63, 3.8) is 0 Å². The summed E-state index contributed by atoms with van der Waals surface area (Å²) >= 11 is 0. The second-order valence-electron chi connectivity index (χ2n) is 5.13. The van der Waals surface area contributed by atoms with Crippen LogP contribution in [-0.4, -0.2) is 28.3 Å². The molecule has 0 unspecified atom stereocenters. The standard InChI is InChI=1S/C15H18FN5/c16-13-7-3-2-6-12(13)10-17-15-19-14(11-18-20-15)21-8-4-1-5-9-21/h2-3,6-7,11H,1,4-5,8-10H2,(H,17,19,20). The molecule has 0 spiro atoms. The van der Waals surface area contributed by atoms with E-state index in [0.29, 0.717) is 18.1 Å². The molecule has 0 radical (unpaired) electrons. The number of hydrogen-bond acceptors (Lipinski definition) is 5. The predicted octanol–water partition coefficient (Wildman–Crippen LogP) is 2.61. The molecule has 0 atom stereocenters. The molecule has 1 aliphatic heterocycles. The molecule has 21 heavy (non-hydrogen) atoms. The Morgan fingerprint density at radius 2 is 1.95 bits per heavy atom. The summed E-state index contributed by atoms with van der Waals surface area (Å²) in [5, 5.41) is 11.0. The minimum Gasteiger partial charge on any atom is -0.355 e. The molecule has 2 heterocycles. The van der Waals surface area contributed by atoms with Crippen molar-refractivity contribution in [3.8, 4) is 0 Å². The van der Waals surface area contributed by atoms with Crippen molar-refractivity contribution in [2.45, 2.75) is 25.8 Å². The van der Waals surface area contributed by atoms with Gasteiger partial charge in [-0.1, -0.05) is 18.2 Å². The second-order valence-corrected chi connectivity index (χ2v) is 5.13. The van der Waals surface area contributed by atoms with Crippen LogP contribution in [0.2, 0.25) is 0 Å². The second kappa shape index (κ2) is 6.47. The van der Waals surface area contributed by atoms with E-state index in [1.165, 1.54) is 25.3 Å². The molecule has 2 aromatic rings. The minimum atomic E-state index is -0.231. The van der Waals surface area contributed by atoms with Gasteiger partial charge in [0.2, 0.25) is 5.95 Å². The Morgan fingerprint density at radius 1 is 1.14 bits per heavy atom. The minimum absolute atomic E-state index is 0.231. The van der Waals surface area contributed by atoms with Crippen molar-refractivity contribution in [2.75, 3.05) is 23.3 Å². The molecule has 110 valence electrons. The first-order chi connectivity index (χ1) is 10.3. The maximum Gasteiger partial charge on any atom is 0.244 e. The van der Waals surface area contributed by atoms with E-state index in [0.717, 1.165) is 18.9 Å². The van der Waals surface area contributed by atoms with Gasteiger partial charge in [-0.3, -0.25) is 0 Å². The van der Waals surface area contributed by atoms with Gasteiger partial charge in [-0.05, 0) is 25.3 Å². The Hall–Kier alpha value is -2.24. The monoisotopic (exact) mass is 287 g/mol. The Morgan fingerprint density at radius 3 is 2.76 bits per heavy atom. The van der Waals surface area contributed by atoms with E-state index < -0.39 is 0 Å². The summed E-state index contributed by atoms with van der Waals surface area (Å²) in [7, 11) is 0. The third kappa shape index (κ3) is 3.45. The van der Waals surface area contributed by atoms with E-state index >= 15 is 0 Å². The van der Waals surface area contributed by atoms with Gasteiger partial charge in [0.25, 0.3) is 0 Å². The maximum absolute atomic E-state index is 13.6. The first-order valence-corrected chi connectivity index (χ1v) is 7.25. The van der Waals surface area contributed by atoms with Gasteiger partial charge in [-0.25, -0.2) is 4.39 Å². The summed E-state index contributed by atoms with van der Waals surface area (Å²) in [5.41, 5.74) is 0.587. The zero-order valence-corrected chi connectivity index (χ0v) is 11.8. The Kier molecular flexibility index (Phi) is 4.23. The number of piperidine rings is 1. The summed E-state index contributed by atoms with van der Waals surface area (Å²) in [5.74, 6) is 1.03. The van der Waals surface area contributed by atoms with Gasteiger partial charge in [0.15, 0.2) is 5.82 Å². The lowest BCUT2D eigenvalue weighted by Crippen LogP contribution is -2.30. The fourth-order valence-corrected chi connectivity index (χ4v) is 2.46. The Labute approximate surface area is 123 Å². The molecule has 0 amide bonds. The van der Waals surface area contributed by atoms with E-state index in [1.807, 2.05) is 6.07 Å². The normalized spacial score (nSPS) is 15.0. The predicted molar refractivity (Wildman–Crippen MR) is 79.6 cm³/mol. The molecule has 0 saturated carbocycles. The number of rotatable bonds is 4. The number of nitrogens with zero attached hydrogens (tertiary/aromatic N) is 4. The lowest BCUT2D eigenvalue weighted by molar-refractivity contribution is 0.572. The number of benzene rings is 1. The van der Waals surface area contributed by atoms with Gasteiger partial charge in [-0.2, -0.15) is 10.1 Å². The van der Waals surface area contributed by atoms with E-state index in [1.54, 1.807) is 18.3 Å². The number of nitrogens with one attached hydrogen (secondary N) is 1. The molecule has 0 aliphatic carbocycles. The topological polar surface area (TPSA) is 53.9 Å². The van der Waals surface area contributed by atoms with Crippen molar-refractivity contribution in [3.05, 3.63) is 41.8 Å². The molecular formula is C15H18FN5.